The number of hydrogen-bond acceptors (Lipinski definition) is 5. The van der Waals surface area contributed by atoms with Gasteiger partial charge in [-0.3, -0.25) is 14.4 Å². The summed E-state index contributed by atoms with van der Waals surface area (Å²) in [7, 11) is 1.59. The van der Waals surface area contributed by atoms with Crippen molar-refractivity contribution in [2.75, 3.05) is 13.6 Å². The average Bonchev–Trinajstić information content (AvgIpc) is 2.53. The van der Waals surface area contributed by atoms with E-state index in [-0.39, 0.29) is 5.92 Å². The minimum Gasteiger partial charge on any atom is -0.480 e. The third-order valence-corrected chi connectivity index (χ3v) is 3.67. The molecule has 0 aliphatic carbocycles. The molecule has 0 aliphatic heterocycles. The number of ketones is 1. The third-order valence-electron chi connectivity index (χ3n) is 3.67. The van der Waals surface area contributed by atoms with Gasteiger partial charge in [0.25, 0.3) is 5.91 Å². The molecular formula is C15H27N3O5. The minimum atomic E-state index is -1.13. The van der Waals surface area contributed by atoms with Crippen molar-refractivity contribution in [1.82, 2.24) is 16.0 Å². The van der Waals surface area contributed by atoms with E-state index in [0.717, 1.165) is 6.42 Å². The van der Waals surface area contributed by atoms with E-state index in [4.69, 9.17) is 5.11 Å². The van der Waals surface area contributed by atoms with Crippen LogP contribution in [0.3, 0.4) is 0 Å². The van der Waals surface area contributed by atoms with Gasteiger partial charge >= 0.3 is 5.97 Å². The fourth-order valence-electron chi connectivity index (χ4n) is 2.01. The zero-order valence-corrected chi connectivity index (χ0v) is 14.1. The normalized spacial score (nSPS) is 14.4. The molecule has 0 aliphatic rings. The van der Waals surface area contributed by atoms with Crippen molar-refractivity contribution < 1.29 is 24.3 Å². The van der Waals surface area contributed by atoms with Crippen molar-refractivity contribution in [3.05, 3.63) is 0 Å². The predicted molar refractivity (Wildman–Crippen MR) is 84.8 cm³/mol. The number of Topliss-reactive ketones (excluding diaryl/α,β-unsaturated/α-hetero) is 1. The Kier molecular flexibility index (Phi) is 9.80. The van der Waals surface area contributed by atoms with Crippen LogP contribution >= 0.6 is 0 Å². The van der Waals surface area contributed by atoms with Crippen LogP contribution in [0, 0.1) is 5.92 Å². The highest BCUT2D eigenvalue weighted by atomic mass is 16.4. The lowest BCUT2D eigenvalue weighted by Gasteiger charge is -2.20. The molecule has 0 spiro atoms. The lowest BCUT2D eigenvalue weighted by Crippen LogP contribution is -2.50. The second-order valence-electron chi connectivity index (χ2n) is 5.45. The third kappa shape index (κ3) is 7.23. The molecule has 0 rings (SSSR count). The first-order valence-electron chi connectivity index (χ1n) is 7.79. The molecule has 3 atom stereocenters. The van der Waals surface area contributed by atoms with Crippen LogP contribution in [0.4, 0.5) is 0 Å². The van der Waals surface area contributed by atoms with Gasteiger partial charge in [-0.15, -0.1) is 0 Å². The molecule has 0 aromatic carbocycles. The van der Waals surface area contributed by atoms with Gasteiger partial charge in [-0.1, -0.05) is 33.6 Å². The quantitative estimate of drug-likeness (QED) is 0.385. The summed E-state index contributed by atoms with van der Waals surface area (Å²) >= 11 is 0. The van der Waals surface area contributed by atoms with Gasteiger partial charge in [0, 0.05) is 0 Å². The number of amides is 2. The van der Waals surface area contributed by atoms with E-state index in [9.17, 15) is 19.2 Å². The molecule has 4 N–H and O–H groups in total. The minimum absolute atomic E-state index is 0.244. The summed E-state index contributed by atoms with van der Waals surface area (Å²) in [5, 5.41) is 16.4. The molecular weight excluding hydrogens is 302 g/mol. The molecule has 0 bridgehead atoms. The molecule has 23 heavy (non-hydrogen) atoms. The number of carbonyl (C=O) groups excluding carboxylic acids is 3. The Morgan fingerprint density at radius 1 is 1.13 bits per heavy atom. The summed E-state index contributed by atoms with van der Waals surface area (Å²) in [6.45, 7) is 4.99. The van der Waals surface area contributed by atoms with E-state index in [1.165, 1.54) is 0 Å². The van der Waals surface area contributed by atoms with Crippen molar-refractivity contribution in [2.24, 2.45) is 5.92 Å². The van der Waals surface area contributed by atoms with Crippen LogP contribution in [-0.4, -0.2) is 54.3 Å². The molecule has 3 unspecified atom stereocenters. The zero-order chi connectivity index (χ0) is 18.0. The van der Waals surface area contributed by atoms with Crippen molar-refractivity contribution in [2.45, 2.75) is 52.1 Å². The molecule has 0 aromatic heterocycles. The predicted octanol–water partition coefficient (Wildman–Crippen LogP) is -0.325. The smallest absolute Gasteiger partial charge is 0.326 e. The van der Waals surface area contributed by atoms with Gasteiger partial charge in [-0.2, -0.15) is 0 Å². The van der Waals surface area contributed by atoms with Crippen molar-refractivity contribution in [3.8, 4) is 0 Å². The van der Waals surface area contributed by atoms with Crippen LogP contribution in [0.15, 0.2) is 0 Å². The lowest BCUT2D eigenvalue weighted by molar-refractivity contribution is -0.143. The van der Waals surface area contributed by atoms with Crippen LogP contribution in [0.25, 0.3) is 0 Å². The Balaban J connectivity index is 4.49. The van der Waals surface area contributed by atoms with Gasteiger partial charge in [0.15, 0.2) is 0 Å². The Hall–Kier alpha value is -1.96. The van der Waals surface area contributed by atoms with Gasteiger partial charge in [0.2, 0.25) is 11.7 Å². The van der Waals surface area contributed by atoms with E-state index in [1.54, 1.807) is 14.0 Å². The first-order valence-corrected chi connectivity index (χ1v) is 7.79. The van der Waals surface area contributed by atoms with Gasteiger partial charge in [-0.05, 0) is 19.4 Å². The number of carbonyl (C=O) groups is 4. The van der Waals surface area contributed by atoms with E-state index < -0.39 is 42.2 Å². The molecule has 8 nitrogen and oxygen atoms in total. The van der Waals surface area contributed by atoms with Gasteiger partial charge in [0.05, 0.1) is 12.6 Å². The summed E-state index contributed by atoms with van der Waals surface area (Å²) in [6.07, 6.45) is 1.84. The lowest BCUT2D eigenvalue weighted by atomic mass is 9.99. The molecule has 2 amide bonds. The van der Waals surface area contributed by atoms with E-state index in [0.29, 0.717) is 12.8 Å². The molecule has 132 valence electrons. The maximum atomic E-state index is 11.9. The van der Waals surface area contributed by atoms with Crippen LogP contribution in [0.2, 0.25) is 0 Å². The fraction of sp³-hybridized carbons (Fsp3) is 0.733. The van der Waals surface area contributed by atoms with Crippen molar-refractivity contribution in [1.29, 1.82) is 0 Å². The number of hydrogen-bond donors (Lipinski definition) is 4. The molecule has 0 saturated carbocycles. The molecule has 0 saturated heterocycles. The van der Waals surface area contributed by atoms with E-state index in [1.807, 2.05) is 13.8 Å². The SMILES string of the molecule is CCCC(NC)C(=O)C(=O)NCC(=O)NC(C(=O)O)C(C)CC. The first-order chi connectivity index (χ1) is 10.8. The summed E-state index contributed by atoms with van der Waals surface area (Å²) in [6, 6.07) is -1.61. The highest BCUT2D eigenvalue weighted by molar-refractivity contribution is 6.38. The Bertz CT molecular complexity index is 439. The van der Waals surface area contributed by atoms with Crippen LogP contribution in [0.1, 0.15) is 40.0 Å². The standard InChI is InChI=1S/C15H27N3O5/c1-5-7-10(16-4)13(20)14(21)17-8-11(19)18-12(15(22)23)9(3)6-2/h9-10,12,16H,5-8H2,1-4H3,(H,17,21)(H,18,19)(H,22,23). The highest BCUT2D eigenvalue weighted by Crippen LogP contribution is 2.07. The fourth-order valence-corrected chi connectivity index (χ4v) is 2.01. The molecule has 0 aromatic rings. The first kappa shape index (κ1) is 21.0. The maximum absolute atomic E-state index is 11.9. The number of nitrogens with one attached hydrogen (secondary N) is 3. The maximum Gasteiger partial charge on any atom is 0.326 e. The van der Waals surface area contributed by atoms with E-state index in [2.05, 4.69) is 16.0 Å². The number of likely N-dealkylation sites (N-methyl/N-ethyl adjacent to an activating group) is 1. The zero-order valence-electron chi connectivity index (χ0n) is 14.1. The molecule has 0 heterocycles. The second-order valence-corrected chi connectivity index (χ2v) is 5.45. The van der Waals surface area contributed by atoms with E-state index >= 15 is 0 Å². The van der Waals surface area contributed by atoms with Gasteiger partial charge in [0.1, 0.15) is 6.04 Å². The molecule has 0 fully saturated rings. The Labute approximate surface area is 136 Å². The summed E-state index contributed by atoms with van der Waals surface area (Å²) in [5.74, 6) is -3.52. The largest absolute Gasteiger partial charge is 0.480 e. The highest BCUT2D eigenvalue weighted by Gasteiger charge is 2.26. The topological polar surface area (TPSA) is 125 Å². The van der Waals surface area contributed by atoms with Crippen molar-refractivity contribution in [3.63, 3.8) is 0 Å². The number of carboxylic acid groups (broad SMARTS) is 1. The number of aliphatic carboxylic acids is 1. The number of carboxylic acids is 1. The molecule has 0 radical (unpaired) electrons. The van der Waals surface area contributed by atoms with Crippen LogP contribution in [0.5, 0.6) is 0 Å². The second kappa shape index (κ2) is 10.7. The summed E-state index contributed by atoms with van der Waals surface area (Å²) < 4.78 is 0. The Morgan fingerprint density at radius 3 is 2.17 bits per heavy atom. The summed E-state index contributed by atoms with van der Waals surface area (Å²) in [5.41, 5.74) is 0. The van der Waals surface area contributed by atoms with Crippen LogP contribution in [-0.2, 0) is 19.2 Å². The molecule has 8 heteroatoms. The van der Waals surface area contributed by atoms with Gasteiger partial charge in [-0.25, -0.2) is 4.79 Å². The van der Waals surface area contributed by atoms with Crippen LogP contribution < -0.4 is 16.0 Å². The number of rotatable bonds is 11. The average molecular weight is 329 g/mol. The summed E-state index contributed by atoms with van der Waals surface area (Å²) in [4.78, 5) is 46.5. The van der Waals surface area contributed by atoms with Gasteiger partial charge < -0.3 is 21.1 Å². The van der Waals surface area contributed by atoms with Crippen molar-refractivity contribution >= 4 is 23.6 Å². The Morgan fingerprint density at radius 2 is 1.74 bits per heavy atom. The monoisotopic (exact) mass is 329 g/mol.